The second-order valence-electron chi connectivity index (χ2n) is 11.7. The maximum absolute atomic E-state index is 14.5. The lowest BCUT2D eigenvalue weighted by atomic mass is 10.0. The van der Waals surface area contributed by atoms with Gasteiger partial charge in [-0.25, -0.2) is 8.42 Å². The van der Waals surface area contributed by atoms with Crippen LogP contribution in [0.1, 0.15) is 36.1 Å². The lowest BCUT2D eigenvalue weighted by molar-refractivity contribution is -0.140. The van der Waals surface area contributed by atoms with Crippen molar-refractivity contribution >= 4 is 27.5 Å². The van der Waals surface area contributed by atoms with Crippen molar-refractivity contribution in [3.8, 4) is 0 Å². The van der Waals surface area contributed by atoms with Gasteiger partial charge in [-0.1, -0.05) is 92.7 Å². The molecule has 4 rings (SSSR count). The zero-order chi connectivity index (χ0) is 34.2. The minimum Gasteiger partial charge on any atom is -0.354 e. The molecule has 0 spiro atoms. The highest BCUT2D eigenvalue weighted by atomic mass is 32.2. The summed E-state index contributed by atoms with van der Waals surface area (Å²) in [6, 6.07) is 26.4. The topological polar surface area (TPSA) is 86.8 Å². The number of halogens is 3. The standard InChI is InChI=1S/C36H38F3N3O4S/c1-26(2)23-40-35(44)33(21-28-14-6-4-7-15-28)41(24-29-16-11-10-13-27(29)3)34(43)25-42(47(45,46)32-19-8-5-9-20-32)31-18-12-17-30(22-31)36(37,38)39/h4-20,22,26,33H,21,23-25H2,1-3H3,(H,40,44). The molecule has 248 valence electrons. The molecule has 0 fully saturated rings. The van der Waals surface area contributed by atoms with E-state index in [1.54, 1.807) is 12.1 Å². The number of benzene rings is 4. The van der Waals surface area contributed by atoms with Crippen molar-refractivity contribution < 1.29 is 31.2 Å². The lowest BCUT2D eigenvalue weighted by Gasteiger charge is -2.34. The quantitative estimate of drug-likeness (QED) is 0.174. The lowest BCUT2D eigenvalue weighted by Crippen LogP contribution is -2.53. The van der Waals surface area contributed by atoms with E-state index in [1.807, 2.05) is 69.3 Å². The van der Waals surface area contributed by atoms with Crippen LogP contribution in [-0.2, 0) is 38.8 Å². The fourth-order valence-electron chi connectivity index (χ4n) is 5.03. The van der Waals surface area contributed by atoms with Gasteiger partial charge in [-0.05, 0) is 59.9 Å². The van der Waals surface area contributed by atoms with Gasteiger partial charge in [0.15, 0.2) is 0 Å². The Labute approximate surface area is 274 Å². The molecular formula is C36H38F3N3O4S. The van der Waals surface area contributed by atoms with Crippen LogP contribution in [-0.4, -0.2) is 44.3 Å². The maximum Gasteiger partial charge on any atom is 0.416 e. The summed E-state index contributed by atoms with van der Waals surface area (Å²) in [6.45, 7) is 5.18. The van der Waals surface area contributed by atoms with Crippen molar-refractivity contribution in [3.05, 3.63) is 131 Å². The van der Waals surface area contributed by atoms with Gasteiger partial charge in [0, 0.05) is 19.5 Å². The number of nitrogens with zero attached hydrogens (tertiary/aromatic N) is 2. The van der Waals surface area contributed by atoms with Crippen LogP contribution in [0, 0.1) is 12.8 Å². The van der Waals surface area contributed by atoms with Crippen LogP contribution in [0.3, 0.4) is 0 Å². The van der Waals surface area contributed by atoms with E-state index in [4.69, 9.17) is 0 Å². The number of rotatable bonds is 13. The van der Waals surface area contributed by atoms with Crippen molar-refractivity contribution in [3.63, 3.8) is 0 Å². The molecule has 0 saturated heterocycles. The largest absolute Gasteiger partial charge is 0.416 e. The molecule has 0 aromatic heterocycles. The average Bonchev–Trinajstić information content (AvgIpc) is 3.05. The molecule has 4 aromatic carbocycles. The van der Waals surface area contributed by atoms with E-state index in [0.717, 1.165) is 28.8 Å². The SMILES string of the molecule is Cc1ccccc1CN(C(=O)CN(c1cccc(C(F)(F)F)c1)S(=O)(=O)c1ccccc1)C(Cc1ccccc1)C(=O)NCC(C)C. The van der Waals surface area contributed by atoms with Crippen LogP contribution in [0.2, 0.25) is 0 Å². The average molecular weight is 666 g/mol. The van der Waals surface area contributed by atoms with Crippen LogP contribution < -0.4 is 9.62 Å². The highest BCUT2D eigenvalue weighted by molar-refractivity contribution is 7.92. The Morgan fingerprint density at radius 3 is 2.06 bits per heavy atom. The molecule has 0 aliphatic heterocycles. The fraction of sp³-hybridized carbons (Fsp3) is 0.278. The van der Waals surface area contributed by atoms with Gasteiger partial charge in [0.1, 0.15) is 12.6 Å². The Morgan fingerprint density at radius 2 is 1.45 bits per heavy atom. The molecule has 2 amide bonds. The fourth-order valence-corrected chi connectivity index (χ4v) is 6.46. The minimum atomic E-state index is -4.76. The summed E-state index contributed by atoms with van der Waals surface area (Å²) in [5.41, 5.74) is 0.941. The van der Waals surface area contributed by atoms with Crippen molar-refractivity contribution in [2.24, 2.45) is 5.92 Å². The van der Waals surface area contributed by atoms with Gasteiger partial charge in [-0.3, -0.25) is 13.9 Å². The van der Waals surface area contributed by atoms with Crippen LogP contribution in [0.4, 0.5) is 18.9 Å². The van der Waals surface area contributed by atoms with Crippen molar-refractivity contribution in [2.75, 3.05) is 17.4 Å². The first-order chi connectivity index (χ1) is 22.3. The summed E-state index contributed by atoms with van der Waals surface area (Å²) in [7, 11) is -4.53. The number of carbonyl (C=O) groups excluding carboxylic acids is 2. The van der Waals surface area contributed by atoms with Gasteiger partial charge in [0.25, 0.3) is 10.0 Å². The molecule has 0 radical (unpaired) electrons. The normalized spacial score (nSPS) is 12.4. The van der Waals surface area contributed by atoms with Gasteiger partial charge < -0.3 is 10.2 Å². The van der Waals surface area contributed by atoms with Gasteiger partial charge >= 0.3 is 6.18 Å². The van der Waals surface area contributed by atoms with E-state index in [-0.39, 0.29) is 29.5 Å². The number of aryl methyl sites for hydroxylation is 1. The van der Waals surface area contributed by atoms with E-state index in [9.17, 15) is 31.2 Å². The van der Waals surface area contributed by atoms with E-state index >= 15 is 0 Å². The Hall–Kier alpha value is -4.64. The number of nitrogens with one attached hydrogen (secondary N) is 1. The second-order valence-corrected chi connectivity index (χ2v) is 13.5. The Kier molecular flexibility index (Phi) is 11.5. The third-order valence-corrected chi connectivity index (χ3v) is 9.42. The second kappa shape index (κ2) is 15.3. The number of hydrogen-bond acceptors (Lipinski definition) is 4. The molecule has 0 aliphatic carbocycles. The summed E-state index contributed by atoms with van der Waals surface area (Å²) in [5.74, 6) is -1.07. The molecule has 11 heteroatoms. The Balaban J connectivity index is 1.84. The molecule has 0 heterocycles. The summed E-state index contributed by atoms with van der Waals surface area (Å²) >= 11 is 0. The number of carbonyl (C=O) groups is 2. The zero-order valence-corrected chi connectivity index (χ0v) is 27.3. The molecule has 0 aliphatic rings. The Morgan fingerprint density at radius 1 is 0.830 bits per heavy atom. The summed E-state index contributed by atoms with van der Waals surface area (Å²) < 4.78 is 70.0. The summed E-state index contributed by atoms with van der Waals surface area (Å²) in [5, 5.41) is 2.91. The third-order valence-electron chi connectivity index (χ3n) is 7.63. The van der Waals surface area contributed by atoms with Gasteiger partial charge in [0.05, 0.1) is 16.1 Å². The number of sulfonamides is 1. The predicted octanol–water partition coefficient (Wildman–Crippen LogP) is 6.62. The third kappa shape index (κ3) is 9.22. The van der Waals surface area contributed by atoms with E-state index in [2.05, 4.69) is 5.32 Å². The molecule has 0 bridgehead atoms. The Bertz CT molecular complexity index is 1770. The first-order valence-corrected chi connectivity index (χ1v) is 16.6. The first kappa shape index (κ1) is 35.2. The van der Waals surface area contributed by atoms with Crippen molar-refractivity contribution in [1.29, 1.82) is 0 Å². The van der Waals surface area contributed by atoms with Crippen molar-refractivity contribution in [1.82, 2.24) is 10.2 Å². The van der Waals surface area contributed by atoms with Crippen LogP contribution in [0.5, 0.6) is 0 Å². The number of alkyl halides is 3. The van der Waals surface area contributed by atoms with E-state index < -0.39 is 46.2 Å². The highest BCUT2D eigenvalue weighted by Crippen LogP contribution is 2.33. The molecule has 4 aromatic rings. The van der Waals surface area contributed by atoms with Crippen LogP contribution >= 0.6 is 0 Å². The molecular weight excluding hydrogens is 627 g/mol. The number of hydrogen-bond donors (Lipinski definition) is 1. The summed E-state index contributed by atoms with van der Waals surface area (Å²) in [4.78, 5) is 29.5. The molecule has 1 unspecified atom stereocenters. The van der Waals surface area contributed by atoms with Gasteiger partial charge in [0.2, 0.25) is 11.8 Å². The van der Waals surface area contributed by atoms with Gasteiger partial charge in [-0.15, -0.1) is 0 Å². The number of anilines is 1. The number of amides is 2. The van der Waals surface area contributed by atoms with Crippen LogP contribution in [0.15, 0.2) is 114 Å². The van der Waals surface area contributed by atoms with Crippen LogP contribution in [0.25, 0.3) is 0 Å². The maximum atomic E-state index is 14.5. The molecule has 1 N–H and O–H groups in total. The molecule has 47 heavy (non-hydrogen) atoms. The molecule has 0 saturated carbocycles. The minimum absolute atomic E-state index is 0.0417. The summed E-state index contributed by atoms with van der Waals surface area (Å²) in [6.07, 6.45) is -4.63. The molecule has 7 nitrogen and oxygen atoms in total. The predicted molar refractivity (Wildman–Crippen MR) is 176 cm³/mol. The monoisotopic (exact) mass is 665 g/mol. The van der Waals surface area contributed by atoms with E-state index in [0.29, 0.717) is 16.9 Å². The first-order valence-electron chi connectivity index (χ1n) is 15.2. The zero-order valence-electron chi connectivity index (χ0n) is 26.4. The van der Waals surface area contributed by atoms with Gasteiger partial charge in [-0.2, -0.15) is 13.2 Å². The smallest absolute Gasteiger partial charge is 0.354 e. The van der Waals surface area contributed by atoms with E-state index in [1.165, 1.54) is 35.2 Å². The van der Waals surface area contributed by atoms with Crippen molar-refractivity contribution in [2.45, 2.75) is 50.9 Å². The highest BCUT2D eigenvalue weighted by Gasteiger charge is 2.36. The molecule has 1 atom stereocenters.